The van der Waals surface area contributed by atoms with Crippen molar-refractivity contribution in [1.82, 2.24) is 36.4 Å². The van der Waals surface area contributed by atoms with Crippen LogP contribution in [0, 0.1) is 51.5 Å². The number of hydroxylamine groups is 3. The third kappa shape index (κ3) is 15.7. The Kier molecular flexibility index (Phi) is 21.8. The van der Waals surface area contributed by atoms with Gasteiger partial charge in [0.25, 0.3) is 0 Å². The van der Waals surface area contributed by atoms with Crippen molar-refractivity contribution >= 4 is 79.8 Å². The molecule has 1 saturated heterocycles. The predicted molar refractivity (Wildman–Crippen MR) is 384 cm³/mol. The van der Waals surface area contributed by atoms with E-state index in [1.165, 1.54) is 43.5 Å². The van der Waals surface area contributed by atoms with Crippen molar-refractivity contribution in [2.24, 2.45) is 45.5 Å². The SMILES string of the molecule is CC1CCCN1c1cc(COc2ccc(C[C@]3(C(N)=O)C[C@@H]3C(=O)NO)cc2F)c2ccccc2n1.CN(C)c1cc(COc2ccc(C[C@]3(C(N)=O)C[C@@H]3C(=O)NO)cc2F)c2ccccc2n1.COC(=O)[C@@]1(Cc2ccc(OCc3cc(-c4ccncc4)nc4ccccc34)c(F)c2)C[C@@H]1C(=O)NO. The standard InChI is InChI=1S/C28H24FN3O5.C27H29FN4O4.C24H25FN4O4/c1-36-27(34)28(15-21(28)26(33)32-35)14-17-6-7-25(22(29)12-17)37-16-19-13-24(18-8-10-30-11-9-18)31-23-5-3-2-4-20(19)23;1-16-5-4-10-32(16)24-12-18(19-6-2-3-7-22(19)30-24)15-36-23-9-8-17(11-21(23)28)13-27(26(29)34)14-20(27)25(33)31-35;1-29(2)21-10-15(16-5-3-4-6-19(16)27-21)13-33-20-8-7-14(9-18(20)25)11-24(23(26)31)12-17(24)22(30)28-32/h2-13,21,35H,14-16H2,1H3,(H,32,33);2-3,6-9,11-12,16,20,35H,4-5,10,13-15H2,1H3,(H2,29,34)(H,31,33);3-10,17,32H,11-13H2,1-2H3,(H2,26,31)(H,28,30)/t21-,28+;16?,20-,27+;17-,24+/m111/s1. The summed E-state index contributed by atoms with van der Waals surface area (Å²) in [4.78, 5) is 94.1. The lowest BCUT2D eigenvalue weighted by Gasteiger charge is -2.24. The number of aromatic nitrogens is 4. The highest BCUT2D eigenvalue weighted by molar-refractivity contribution is 5.96. The first-order valence-electron chi connectivity index (χ1n) is 34.3. The lowest BCUT2D eigenvalue weighted by atomic mass is 9.92. The molecule has 14 rings (SSSR count). The minimum absolute atomic E-state index is 0.0580. The molecule has 27 heteroatoms. The van der Waals surface area contributed by atoms with E-state index in [0.717, 1.165) is 91.7 Å². The maximum atomic E-state index is 15.0. The monoisotopic (exact) mass is 1450 g/mol. The number of methoxy groups -OCH3 is 1. The molecule has 24 nitrogen and oxygen atoms in total. The molecule has 1 unspecified atom stereocenters. The molecule has 10 aromatic rings. The Morgan fingerprint density at radius 1 is 0.538 bits per heavy atom. The van der Waals surface area contributed by atoms with Crippen LogP contribution < -0.4 is 51.9 Å². The summed E-state index contributed by atoms with van der Waals surface area (Å²) in [5.74, 6) is -5.93. The van der Waals surface area contributed by atoms with Crippen molar-refractivity contribution in [3.05, 3.63) is 221 Å². The van der Waals surface area contributed by atoms with Gasteiger partial charge in [0.15, 0.2) is 34.7 Å². The van der Waals surface area contributed by atoms with E-state index in [1.807, 2.05) is 122 Å². The highest BCUT2D eigenvalue weighted by Crippen LogP contribution is 2.57. The van der Waals surface area contributed by atoms with E-state index in [2.05, 4.69) is 21.8 Å². The Balaban J connectivity index is 0.000000149. The minimum Gasteiger partial charge on any atom is -0.486 e. The van der Waals surface area contributed by atoms with Gasteiger partial charge in [-0.05, 0) is 160 Å². The maximum Gasteiger partial charge on any atom is 0.312 e. The molecule has 3 saturated carbocycles. The van der Waals surface area contributed by atoms with Crippen LogP contribution in [0.25, 0.3) is 44.0 Å². The number of carbonyl (C=O) groups is 6. The van der Waals surface area contributed by atoms with Crippen LogP contribution in [0.15, 0.2) is 170 Å². The first-order chi connectivity index (χ1) is 51.0. The molecule has 5 amide bonds. The Morgan fingerprint density at radius 2 is 0.943 bits per heavy atom. The summed E-state index contributed by atoms with van der Waals surface area (Å²) < 4.78 is 67.2. The number of esters is 1. The van der Waals surface area contributed by atoms with Gasteiger partial charge >= 0.3 is 5.97 Å². The number of hydrogen-bond acceptors (Lipinski definition) is 19. The molecule has 4 aliphatic rings. The number of halogens is 3. The fourth-order valence-corrected chi connectivity index (χ4v) is 14.3. The summed E-state index contributed by atoms with van der Waals surface area (Å²) in [5, 5.41) is 29.4. The molecular formula is C79H78F3N11O13. The van der Waals surface area contributed by atoms with Gasteiger partial charge in [0.05, 0.1) is 63.4 Å². The predicted octanol–water partition coefficient (Wildman–Crippen LogP) is 10.3. The highest BCUT2D eigenvalue weighted by Gasteiger charge is 2.65. The number of carbonyl (C=O) groups excluding carboxylic acids is 6. The van der Waals surface area contributed by atoms with Crippen molar-refractivity contribution in [3.63, 3.8) is 0 Å². The number of benzene rings is 6. The van der Waals surface area contributed by atoms with Crippen LogP contribution in [0.5, 0.6) is 17.2 Å². The molecule has 1 aliphatic heterocycles. The minimum atomic E-state index is -1.13. The zero-order chi connectivity index (χ0) is 75.2. The summed E-state index contributed by atoms with van der Waals surface area (Å²) in [6, 6.07) is 46.6. The fraction of sp³-hybridized carbons (Fsp3) is 0.291. The Bertz CT molecular complexity index is 5020. The van der Waals surface area contributed by atoms with E-state index < -0.39 is 87.0 Å². The van der Waals surface area contributed by atoms with Gasteiger partial charge in [0.2, 0.25) is 29.5 Å². The topological polar surface area (TPSA) is 346 Å². The summed E-state index contributed by atoms with van der Waals surface area (Å²) in [5.41, 5.74) is 20.7. The average molecular weight is 1450 g/mol. The molecule has 548 valence electrons. The second kappa shape index (κ2) is 31.3. The quantitative estimate of drug-likeness (QED) is 0.0158. The van der Waals surface area contributed by atoms with E-state index in [4.69, 9.17) is 56.0 Å². The molecule has 0 bridgehead atoms. The molecule has 0 radical (unpaired) electrons. The number of hydrogen-bond donors (Lipinski definition) is 8. The van der Waals surface area contributed by atoms with E-state index in [1.54, 1.807) is 47.0 Å². The van der Waals surface area contributed by atoms with Crippen molar-refractivity contribution in [2.75, 3.05) is 37.5 Å². The third-order valence-corrected chi connectivity index (χ3v) is 20.4. The number of anilines is 2. The van der Waals surface area contributed by atoms with E-state index in [0.29, 0.717) is 22.7 Å². The van der Waals surface area contributed by atoms with Crippen LogP contribution in [-0.2, 0) is 72.6 Å². The average Bonchev–Trinajstić information content (AvgIpc) is 1.58. The molecule has 6 aromatic carbocycles. The molecule has 0 spiro atoms. The first kappa shape index (κ1) is 73.9. The molecular weight excluding hydrogens is 1370 g/mol. The number of rotatable bonds is 24. The van der Waals surface area contributed by atoms with Gasteiger partial charge in [-0.3, -0.25) is 49.4 Å². The van der Waals surface area contributed by atoms with Crippen LogP contribution in [0.1, 0.15) is 72.4 Å². The van der Waals surface area contributed by atoms with Gasteiger partial charge in [-0.25, -0.2) is 44.6 Å². The third-order valence-electron chi connectivity index (χ3n) is 20.4. The van der Waals surface area contributed by atoms with Crippen LogP contribution >= 0.6 is 0 Å². The van der Waals surface area contributed by atoms with Crippen molar-refractivity contribution in [3.8, 4) is 28.5 Å². The largest absolute Gasteiger partial charge is 0.486 e. The lowest BCUT2D eigenvalue weighted by Crippen LogP contribution is -2.33. The highest BCUT2D eigenvalue weighted by atomic mass is 19.1. The zero-order valence-electron chi connectivity index (χ0n) is 58.4. The molecule has 4 aromatic heterocycles. The molecule has 5 heterocycles. The van der Waals surface area contributed by atoms with Crippen molar-refractivity contribution < 1.29 is 76.5 Å². The van der Waals surface area contributed by atoms with Crippen molar-refractivity contribution in [1.29, 1.82) is 0 Å². The maximum absolute atomic E-state index is 15.0. The summed E-state index contributed by atoms with van der Waals surface area (Å²) in [6.45, 7) is 3.57. The van der Waals surface area contributed by atoms with Crippen molar-refractivity contribution in [2.45, 2.75) is 84.2 Å². The Hall–Kier alpha value is -11.8. The second-order valence-corrected chi connectivity index (χ2v) is 27.4. The van der Waals surface area contributed by atoms with Gasteiger partial charge in [-0.1, -0.05) is 72.8 Å². The summed E-state index contributed by atoms with van der Waals surface area (Å²) in [7, 11) is 5.03. The lowest BCUT2D eigenvalue weighted by molar-refractivity contribution is -0.149. The second-order valence-electron chi connectivity index (χ2n) is 27.4. The van der Waals surface area contributed by atoms with Crippen LogP contribution in [0.3, 0.4) is 0 Å². The Labute approximate surface area is 606 Å². The van der Waals surface area contributed by atoms with Gasteiger partial charge in [-0.2, -0.15) is 0 Å². The first-order valence-corrected chi connectivity index (χ1v) is 34.3. The number of fused-ring (bicyclic) bond motifs is 3. The Morgan fingerprint density at radius 3 is 1.36 bits per heavy atom. The summed E-state index contributed by atoms with van der Waals surface area (Å²) >= 11 is 0. The number of amides is 5. The van der Waals surface area contributed by atoms with Gasteiger partial charge in [0, 0.05) is 77.5 Å². The van der Waals surface area contributed by atoms with Crippen LogP contribution in [-0.4, -0.2) is 105 Å². The van der Waals surface area contributed by atoms with E-state index in [9.17, 15) is 37.5 Å². The fourth-order valence-electron chi connectivity index (χ4n) is 14.3. The number of primary amides is 2. The van der Waals surface area contributed by atoms with Gasteiger partial charge < -0.3 is 40.2 Å². The zero-order valence-corrected chi connectivity index (χ0v) is 58.4. The number of ether oxygens (including phenoxy) is 4. The molecule has 7 atom stereocenters. The number of nitrogens with zero attached hydrogens (tertiary/aromatic N) is 6. The summed E-state index contributed by atoms with van der Waals surface area (Å²) in [6.07, 6.45) is 6.57. The van der Waals surface area contributed by atoms with Gasteiger partial charge in [-0.15, -0.1) is 0 Å². The van der Waals surface area contributed by atoms with Crippen LogP contribution in [0.2, 0.25) is 0 Å². The van der Waals surface area contributed by atoms with E-state index in [-0.39, 0.29) is 75.6 Å². The molecule has 106 heavy (non-hydrogen) atoms. The van der Waals surface area contributed by atoms with E-state index >= 15 is 4.39 Å². The normalized spacial score (nSPS) is 20.2. The smallest absolute Gasteiger partial charge is 0.312 e. The number of para-hydroxylation sites is 3. The van der Waals surface area contributed by atoms with Crippen LogP contribution in [0.4, 0.5) is 24.8 Å². The van der Waals surface area contributed by atoms with Gasteiger partial charge in [0.1, 0.15) is 31.5 Å². The number of pyridine rings is 4. The molecule has 4 fully saturated rings. The molecule has 10 N–H and O–H groups in total. The number of nitrogens with one attached hydrogen (secondary N) is 3. The molecule has 3 aliphatic carbocycles. The number of nitrogens with two attached hydrogens (primary N) is 2.